The van der Waals surface area contributed by atoms with Gasteiger partial charge in [0, 0.05) is 36.9 Å². The third-order valence-corrected chi connectivity index (χ3v) is 4.73. The molecule has 0 aromatic heterocycles. The number of hydrogen-bond acceptors (Lipinski definition) is 3. The molecule has 0 bridgehead atoms. The Hall–Kier alpha value is -2.08. The third-order valence-electron chi connectivity index (χ3n) is 4.48. The van der Waals surface area contributed by atoms with Gasteiger partial charge in [-0.2, -0.15) is 0 Å². The van der Waals surface area contributed by atoms with E-state index >= 15 is 0 Å². The van der Waals surface area contributed by atoms with Gasteiger partial charge in [-0.15, -0.1) is 0 Å². The number of anilines is 1. The summed E-state index contributed by atoms with van der Waals surface area (Å²) in [5, 5.41) is 6.38. The van der Waals surface area contributed by atoms with Gasteiger partial charge < -0.3 is 15.4 Å². The minimum absolute atomic E-state index is 0.228. The van der Waals surface area contributed by atoms with Crippen LogP contribution >= 0.6 is 11.6 Å². The molecule has 1 fully saturated rings. The van der Waals surface area contributed by atoms with Crippen molar-refractivity contribution in [2.45, 2.75) is 39.1 Å². The standard InChI is InChI=1S/C21H26ClN3O2/c1-15-12-25(13-16(2)27-15)14-18-5-9-20(10-6-18)24-21(26)23-11-17-3-7-19(22)8-4-17/h3-10,15-16H,11-14H2,1-2H3,(H2,23,24,26)/t15-,16+. The van der Waals surface area contributed by atoms with Crippen LogP contribution in [0.4, 0.5) is 10.5 Å². The van der Waals surface area contributed by atoms with E-state index in [0.29, 0.717) is 11.6 Å². The lowest BCUT2D eigenvalue weighted by atomic mass is 10.1. The maximum atomic E-state index is 12.1. The molecule has 144 valence electrons. The number of hydrogen-bond donors (Lipinski definition) is 2. The molecule has 2 aromatic carbocycles. The monoisotopic (exact) mass is 387 g/mol. The van der Waals surface area contributed by atoms with Gasteiger partial charge in [0.05, 0.1) is 12.2 Å². The number of benzene rings is 2. The second-order valence-corrected chi connectivity index (χ2v) is 7.52. The first kappa shape index (κ1) is 19.7. The van der Waals surface area contributed by atoms with Crippen LogP contribution < -0.4 is 10.6 Å². The number of amides is 2. The summed E-state index contributed by atoms with van der Waals surface area (Å²) in [6, 6.07) is 15.2. The molecule has 1 saturated heterocycles. The molecule has 0 radical (unpaired) electrons. The number of rotatable bonds is 5. The van der Waals surface area contributed by atoms with Gasteiger partial charge in [0.25, 0.3) is 0 Å². The van der Waals surface area contributed by atoms with Crippen molar-refractivity contribution in [2.24, 2.45) is 0 Å². The Balaban J connectivity index is 1.46. The Kier molecular flexibility index (Phi) is 6.72. The van der Waals surface area contributed by atoms with Gasteiger partial charge in [-0.05, 0) is 49.2 Å². The predicted molar refractivity (Wildman–Crippen MR) is 109 cm³/mol. The lowest BCUT2D eigenvalue weighted by molar-refractivity contribution is -0.0704. The van der Waals surface area contributed by atoms with Crippen molar-refractivity contribution in [1.29, 1.82) is 0 Å². The molecule has 3 rings (SSSR count). The minimum atomic E-state index is -0.228. The van der Waals surface area contributed by atoms with E-state index in [0.717, 1.165) is 30.9 Å². The van der Waals surface area contributed by atoms with Gasteiger partial charge in [0.2, 0.25) is 0 Å². The van der Waals surface area contributed by atoms with E-state index in [-0.39, 0.29) is 18.2 Å². The van der Waals surface area contributed by atoms with Crippen molar-refractivity contribution in [3.63, 3.8) is 0 Å². The molecule has 6 heteroatoms. The highest BCUT2D eigenvalue weighted by Crippen LogP contribution is 2.16. The molecule has 1 aliphatic rings. The third kappa shape index (κ3) is 6.24. The fourth-order valence-corrected chi connectivity index (χ4v) is 3.45. The van der Waals surface area contributed by atoms with Gasteiger partial charge >= 0.3 is 6.03 Å². The molecule has 0 aliphatic carbocycles. The molecule has 0 spiro atoms. The van der Waals surface area contributed by atoms with Crippen LogP contribution in [0.3, 0.4) is 0 Å². The Labute approximate surface area is 165 Å². The number of nitrogens with zero attached hydrogens (tertiary/aromatic N) is 1. The second kappa shape index (κ2) is 9.22. The molecule has 2 aromatic rings. The molecular formula is C21H26ClN3O2. The molecule has 0 saturated carbocycles. The van der Waals surface area contributed by atoms with Crippen molar-refractivity contribution < 1.29 is 9.53 Å². The van der Waals surface area contributed by atoms with Gasteiger partial charge in [-0.1, -0.05) is 35.9 Å². The fourth-order valence-electron chi connectivity index (χ4n) is 3.33. The Morgan fingerprint density at radius 1 is 1.04 bits per heavy atom. The van der Waals surface area contributed by atoms with Gasteiger partial charge in [-0.3, -0.25) is 4.90 Å². The average Bonchev–Trinajstić information content (AvgIpc) is 2.62. The van der Waals surface area contributed by atoms with Crippen molar-refractivity contribution in [3.05, 3.63) is 64.7 Å². The predicted octanol–water partition coefficient (Wildman–Crippen LogP) is 4.27. The van der Waals surface area contributed by atoms with E-state index in [2.05, 4.69) is 41.5 Å². The molecular weight excluding hydrogens is 362 g/mol. The normalized spacial score (nSPS) is 20.3. The smallest absolute Gasteiger partial charge is 0.319 e. The average molecular weight is 388 g/mol. The summed E-state index contributed by atoms with van der Waals surface area (Å²) < 4.78 is 5.78. The van der Waals surface area contributed by atoms with Crippen LogP contribution in [-0.4, -0.2) is 36.2 Å². The van der Waals surface area contributed by atoms with Crippen molar-refractivity contribution >= 4 is 23.3 Å². The summed E-state index contributed by atoms with van der Waals surface area (Å²) in [6.45, 7) is 7.45. The zero-order valence-corrected chi connectivity index (χ0v) is 16.5. The Bertz CT molecular complexity index is 739. The topological polar surface area (TPSA) is 53.6 Å². The summed E-state index contributed by atoms with van der Waals surface area (Å²) in [5.74, 6) is 0. The lowest BCUT2D eigenvalue weighted by Crippen LogP contribution is -2.44. The van der Waals surface area contributed by atoms with Crippen LogP contribution in [0.5, 0.6) is 0 Å². The van der Waals surface area contributed by atoms with Crippen LogP contribution in [0.15, 0.2) is 48.5 Å². The van der Waals surface area contributed by atoms with Crippen molar-refractivity contribution in [2.75, 3.05) is 18.4 Å². The van der Waals surface area contributed by atoms with Gasteiger partial charge in [-0.25, -0.2) is 4.79 Å². The quantitative estimate of drug-likeness (QED) is 0.805. The minimum Gasteiger partial charge on any atom is -0.373 e. The van der Waals surface area contributed by atoms with E-state index in [1.54, 1.807) is 0 Å². The molecule has 2 N–H and O–H groups in total. The summed E-state index contributed by atoms with van der Waals surface area (Å²) in [6.07, 6.45) is 0.526. The number of urea groups is 1. The zero-order chi connectivity index (χ0) is 19.2. The highest BCUT2D eigenvalue weighted by atomic mass is 35.5. The van der Waals surface area contributed by atoms with E-state index in [1.165, 1.54) is 5.56 Å². The van der Waals surface area contributed by atoms with Gasteiger partial charge in [0.15, 0.2) is 0 Å². The highest BCUT2D eigenvalue weighted by molar-refractivity contribution is 6.30. The molecule has 27 heavy (non-hydrogen) atoms. The first-order valence-corrected chi connectivity index (χ1v) is 9.62. The molecule has 5 nitrogen and oxygen atoms in total. The van der Waals surface area contributed by atoms with Crippen molar-refractivity contribution in [1.82, 2.24) is 10.2 Å². The molecule has 1 aliphatic heterocycles. The maximum absolute atomic E-state index is 12.1. The van der Waals surface area contributed by atoms with E-state index in [4.69, 9.17) is 16.3 Å². The van der Waals surface area contributed by atoms with E-state index < -0.39 is 0 Å². The Morgan fingerprint density at radius 2 is 1.63 bits per heavy atom. The van der Waals surface area contributed by atoms with Crippen LogP contribution in [0.1, 0.15) is 25.0 Å². The SMILES string of the molecule is C[C@@H]1CN(Cc2ccc(NC(=O)NCc3ccc(Cl)cc3)cc2)C[C@H](C)O1. The number of morpholine rings is 1. The van der Waals surface area contributed by atoms with Crippen LogP contribution in [-0.2, 0) is 17.8 Å². The van der Waals surface area contributed by atoms with Crippen molar-refractivity contribution in [3.8, 4) is 0 Å². The van der Waals surface area contributed by atoms with Crippen LogP contribution in [0.2, 0.25) is 5.02 Å². The first-order chi connectivity index (χ1) is 13.0. The van der Waals surface area contributed by atoms with E-state index in [9.17, 15) is 4.79 Å². The number of carbonyl (C=O) groups is 1. The zero-order valence-electron chi connectivity index (χ0n) is 15.7. The number of halogens is 1. The number of carbonyl (C=O) groups excluding carboxylic acids is 1. The summed E-state index contributed by atoms with van der Waals surface area (Å²) in [7, 11) is 0. The van der Waals surface area contributed by atoms with Gasteiger partial charge in [0.1, 0.15) is 0 Å². The lowest BCUT2D eigenvalue weighted by Gasteiger charge is -2.35. The number of nitrogens with one attached hydrogen (secondary N) is 2. The summed E-state index contributed by atoms with van der Waals surface area (Å²) in [5.41, 5.74) is 3.00. The molecule has 0 unspecified atom stereocenters. The highest BCUT2D eigenvalue weighted by Gasteiger charge is 2.21. The molecule has 2 amide bonds. The summed E-state index contributed by atoms with van der Waals surface area (Å²) >= 11 is 5.86. The largest absolute Gasteiger partial charge is 0.373 e. The summed E-state index contributed by atoms with van der Waals surface area (Å²) in [4.78, 5) is 14.5. The van der Waals surface area contributed by atoms with E-state index in [1.807, 2.05) is 36.4 Å². The Morgan fingerprint density at radius 3 is 2.26 bits per heavy atom. The fraction of sp³-hybridized carbons (Fsp3) is 0.381. The van der Waals surface area contributed by atoms with Crippen LogP contribution in [0, 0.1) is 0 Å². The maximum Gasteiger partial charge on any atom is 0.319 e. The molecule has 1 heterocycles. The number of ether oxygens (including phenoxy) is 1. The molecule has 2 atom stereocenters. The second-order valence-electron chi connectivity index (χ2n) is 7.08. The van der Waals surface area contributed by atoms with Crippen LogP contribution in [0.25, 0.3) is 0 Å². The first-order valence-electron chi connectivity index (χ1n) is 9.24.